The van der Waals surface area contributed by atoms with E-state index in [-0.39, 0.29) is 6.04 Å². The van der Waals surface area contributed by atoms with Crippen LogP contribution in [-0.4, -0.2) is 17.0 Å². The van der Waals surface area contributed by atoms with E-state index in [4.69, 9.17) is 0 Å². The fraction of sp³-hybridized carbons (Fsp3) is 0.350. The number of hydrogen-bond donors (Lipinski definition) is 1. The lowest BCUT2D eigenvalue weighted by Crippen LogP contribution is -2.44. The summed E-state index contributed by atoms with van der Waals surface area (Å²) in [7, 11) is 0. The number of hydrogen-bond acceptors (Lipinski definition) is 3. The molecule has 23 heavy (non-hydrogen) atoms. The summed E-state index contributed by atoms with van der Waals surface area (Å²) in [4.78, 5) is 2.42. The molecule has 118 valence electrons. The third-order valence-electron chi connectivity index (χ3n) is 5.38. The van der Waals surface area contributed by atoms with Gasteiger partial charge in [0.2, 0.25) is 0 Å². The van der Waals surface area contributed by atoms with Crippen molar-refractivity contribution in [1.29, 1.82) is 0 Å². The van der Waals surface area contributed by atoms with Gasteiger partial charge in [0.05, 0.1) is 11.8 Å². The van der Waals surface area contributed by atoms with Crippen molar-refractivity contribution < 1.29 is 5.21 Å². The number of anilines is 1. The summed E-state index contributed by atoms with van der Waals surface area (Å²) < 4.78 is 0. The molecule has 1 N–H and O–H groups in total. The maximum Gasteiger partial charge on any atom is 0.0828 e. The molecule has 2 saturated carbocycles. The Labute approximate surface area is 137 Å². The average Bonchev–Trinajstić information content (AvgIpc) is 3.22. The molecule has 0 unspecified atom stereocenters. The van der Waals surface area contributed by atoms with E-state index in [0.29, 0.717) is 11.8 Å². The Morgan fingerprint density at radius 2 is 1.65 bits per heavy atom. The third-order valence-corrected chi connectivity index (χ3v) is 5.38. The standard InChI is InChI=1S/C20H22N2O/c23-21-19-16-11-12-17(13-16)20(19)22(18-9-5-2-6-10-18)14-15-7-3-1-4-8-15/h1-10,16-17,20,23H,11-14H2/b21-19-/t16-,17-,20-/m0/s1. The van der Waals surface area contributed by atoms with Gasteiger partial charge in [0.1, 0.15) is 0 Å². The highest BCUT2D eigenvalue weighted by Gasteiger charge is 2.48. The van der Waals surface area contributed by atoms with E-state index in [1.807, 2.05) is 6.07 Å². The minimum absolute atomic E-state index is 0.223. The SMILES string of the molecule is O/N=C1/[C@H]2CC[C@@H](C2)[C@@H]1N(Cc1ccccc1)c1ccccc1. The predicted octanol–water partition coefficient (Wildman–Crippen LogP) is 4.32. The second-order valence-corrected chi connectivity index (χ2v) is 6.69. The molecule has 0 aromatic heterocycles. The molecule has 3 heteroatoms. The van der Waals surface area contributed by atoms with Crippen LogP contribution in [0.4, 0.5) is 5.69 Å². The lowest BCUT2D eigenvalue weighted by atomic mass is 9.91. The van der Waals surface area contributed by atoms with Crippen LogP contribution in [0.3, 0.4) is 0 Å². The summed E-state index contributed by atoms with van der Waals surface area (Å²) in [5, 5.41) is 13.3. The van der Waals surface area contributed by atoms with E-state index < -0.39 is 0 Å². The second kappa shape index (κ2) is 6.07. The molecule has 0 radical (unpaired) electrons. The zero-order valence-electron chi connectivity index (χ0n) is 13.2. The Hall–Kier alpha value is -2.29. The molecule has 0 amide bonds. The van der Waals surface area contributed by atoms with Crippen molar-refractivity contribution >= 4 is 11.4 Å². The van der Waals surface area contributed by atoms with Gasteiger partial charge in [-0.05, 0) is 42.9 Å². The lowest BCUT2D eigenvalue weighted by Gasteiger charge is -2.36. The number of fused-ring (bicyclic) bond motifs is 2. The van der Waals surface area contributed by atoms with E-state index in [2.05, 4.69) is 64.7 Å². The normalized spacial score (nSPS) is 27.5. The topological polar surface area (TPSA) is 35.8 Å². The van der Waals surface area contributed by atoms with Crippen LogP contribution in [0.15, 0.2) is 65.8 Å². The predicted molar refractivity (Wildman–Crippen MR) is 92.9 cm³/mol. The van der Waals surface area contributed by atoms with E-state index in [9.17, 15) is 5.21 Å². The average molecular weight is 306 g/mol. The van der Waals surface area contributed by atoms with Crippen LogP contribution < -0.4 is 4.90 Å². The van der Waals surface area contributed by atoms with E-state index in [1.54, 1.807) is 0 Å². The van der Waals surface area contributed by atoms with E-state index in [0.717, 1.165) is 12.3 Å². The summed E-state index contributed by atoms with van der Waals surface area (Å²) in [5.41, 5.74) is 3.48. The second-order valence-electron chi connectivity index (χ2n) is 6.69. The maximum atomic E-state index is 9.58. The molecular weight excluding hydrogens is 284 g/mol. The van der Waals surface area contributed by atoms with Gasteiger partial charge in [0.15, 0.2) is 0 Å². The quantitative estimate of drug-likeness (QED) is 0.674. The molecule has 2 aliphatic carbocycles. The summed E-state index contributed by atoms with van der Waals surface area (Å²) in [5.74, 6) is 1.08. The number of rotatable bonds is 4. The van der Waals surface area contributed by atoms with Crippen LogP contribution in [0.2, 0.25) is 0 Å². The van der Waals surface area contributed by atoms with Crippen molar-refractivity contribution in [2.45, 2.75) is 31.8 Å². The maximum absolute atomic E-state index is 9.58. The van der Waals surface area contributed by atoms with Crippen molar-refractivity contribution in [3.63, 3.8) is 0 Å². The molecule has 3 nitrogen and oxygen atoms in total. The highest BCUT2D eigenvalue weighted by molar-refractivity contribution is 5.97. The van der Waals surface area contributed by atoms with Gasteiger partial charge in [-0.25, -0.2) is 0 Å². The van der Waals surface area contributed by atoms with Crippen LogP contribution in [0.5, 0.6) is 0 Å². The molecule has 0 aliphatic heterocycles. The van der Waals surface area contributed by atoms with Crippen molar-refractivity contribution in [3.05, 3.63) is 66.2 Å². The van der Waals surface area contributed by atoms with Gasteiger partial charge in [0, 0.05) is 18.2 Å². The summed E-state index contributed by atoms with van der Waals surface area (Å²) >= 11 is 0. The molecular formula is C20H22N2O. The molecule has 3 atom stereocenters. The molecule has 0 saturated heterocycles. The summed E-state index contributed by atoms with van der Waals surface area (Å²) in [6.45, 7) is 0.845. The van der Waals surface area contributed by atoms with Crippen molar-refractivity contribution in [2.75, 3.05) is 4.90 Å². The number of nitrogens with zero attached hydrogens (tertiary/aromatic N) is 2. The monoisotopic (exact) mass is 306 g/mol. The summed E-state index contributed by atoms with van der Waals surface area (Å²) in [6, 6.07) is 21.3. The first kappa shape index (κ1) is 14.3. The third kappa shape index (κ3) is 2.61. The highest BCUT2D eigenvalue weighted by atomic mass is 16.4. The van der Waals surface area contributed by atoms with Crippen molar-refractivity contribution in [1.82, 2.24) is 0 Å². The van der Waals surface area contributed by atoms with Crippen molar-refractivity contribution in [2.24, 2.45) is 17.0 Å². The van der Waals surface area contributed by atoms with Crippen LogP contribution in [0.25, 0.3) is 0 Å². The Kier molecular flexibility index (Phi) is 3.78. The molecule has 2 aromatic carbocycles. The fourth-order valence-electron chi connectivity index (χ4n) is 4.36. The molecule has 0 heterocycles. The van der Waals surface area contributed by atoms with Crippen LogP contribution >= 0.6 is 0 Å². The van der Waals surface area contributed by atoms with Crippen LogP contribution in [0, 0.1) is 11.8 Å². The van der Waals surface area contributed by atoms with Gasteiger partial charge in [-0.15, -0.1) is 0 Å². The molecule has 2 bridgehead atoms. The Bertz CT molecular complexity index is 683. The minimum atomic E-state index is 0.223. The van der Waals surface area contributed by atoms with Gasteiger partial charge in [-0.1, -0.05) is 53.7 Å². The van der Waals surface area contributed by atoms with E-state index >= 15 is 0 Å². The van der Waals surface area contributed by atoms with Crippen LogP contribution in [-0.2, 0) is 6.54 Å². The zero-order chi connectivity index (χ0) is 15.6. The zero-order valence-corrected chi connectivity index (χ0v) is 13.2. The first-order valence-corrected chi connectivity index (χ1v) is 8.44. The van der Waals surface area contributed by atoms with Gasteiger partial charge in [0.25, 0.3) is 0 Å². The van der Waals surface area contributed by atoms with Crippen LogP contribution in [0.1, 0.15) is 24.8 Å². The van der Waals surface area contributed by atoms with Gasteiger partial charge in [-0.3, -0.25) is 0 Å². The van der Waals surface area contributed by atoms with Crippen molar-refractivity contribution in [3.8, 4) is 0 Å². The highest BCUT2D eigenvalue weighted by Crippen LogP contribution is 2.46. The Balaban J connectivity index is 1.71. The molecule has 4 rings (SSSR count). The van der Waals surface area contributed by atoms with Gasteiger partial charge in [-0.2, -0.15) is 0 Å². The smallest absolute Gasteiger partial charge is 0.0828 e. The number of oxime groups is 1. The first-order valence-electron chi connectivity index (χ1n) is 8.44. The minimum Gasteiger partial charge on any atom is -0.411 e. The molecule has 2 aromatic rings. The van der Waals surface area contributed by atoms with Gasteiger partial charge >= 0.3 is 0 Å². The number of benzene rings is 2. The molecule has 0 spiro atoms. The Morgan fingerprint density at radius 1 is 0.957 bits per heavy atom. The molecule has 2 aliphatic rings. The number of para-hydroxylation sites is 1. The largest absolute Gasteiger partial charge is 0.411 e. The lowest BCUT2D eigenvalue weighted by molar-refractivity contribution is 0.311. The molecule has 2 fully saturated rings. The first-order chi connectivity index (χ1) is 11.4. The van der Waals surface area contributed by atoms with E-state index in [1.165, 1.54) is 30.5 Å². The Morgan fingerprint density at radius 3 is 2.35 bits per heavy atom. The summed E-state index contributed by atoms with van der Waals surface area (Å²) in [6.07, 6.45) is 3.59. The fourth-order valence-corrected chi connectivity index (χ4v) is 4.36. The van der Waals surface area contributed by atoms with Gasteiger partial charge < -0.3 is 10.1 Å².